The SMILES string of the molecule is O=C1COc2ccc(NC(=O)c3csc(-c4ccsc4)n3)cc2N1. The Labute approximate surface area is 145 Å². The fraction of sp³-hybridized carbons (Fsp3) is 0.0625. The van der Waals surface area contributed by atoms with E-state index in [9.17, 15) is 9.59 Å². The van der Waals surface area contributed by atoms with Crippen LogP contribution in [0, 0.1) is 0 Å². The number of anilines is 2. The molecule has 6 nitrogen and oxygen atoms in total. The molecule has 0 fully saturated rings. The first-order valence-corrected chi connectivity index (χ1v) is 8.87. The number of thiazole rings is 1. The van der Waals surface area contributed by atoms with Gasteiger partial charge >= 0.3 is 0 Å². The summed E-state index contributed by atoms with van der Waals surface area (Å²) in [5, 5.41) is 12.0. The predicted molar refractivity (Wildman–Crippen MR) is 93.9 cm³/mol. The molecule has 1 aromatic carbocycles. The van der Waals surface area contributed by atoms with E-state index < -0.39 is 0 Å². The molecule has 0 saturated carbocycles. The number of carbonyl (C=O) groups excluding carboxylic acids is 2. The average molecular weight is 357 g/mol. The van der Waals surface area contributed by atoms with Gasteiger partial charge in [-0.1, -0.05) is 0 Å². The van der Waals surface area contributed by atoms with Gasteiger partial charge in [0.25, 0.3) is 11.8 Å². The second-order valence-electron chi connectivity index (χ2n) is 5.05. The monoisotopic (exact) mass is 357 g/mol. The molecule has 2 amide bonds. The maximum atomic E-state index is 12.3. The Bertz CT molecular complexity index is 919. The lowest BCUT2D eigenvalue weighted by atomic mass is 10.2. The van der Waals surface area contributed by atoms with Crippen molar-refractivity contribution in [1.29, 1.82) is 0 Å². The van der Waals surface area contributed by atoms with Crippen LogP contribution in [0.15, 0.2) is 40.4 Å². The second kappa shape index (κ2) is 6.06. The second-order valence-corrected chi connectivity index (χ2v) is 6.69. The van der Waals surface area contributed by atoms with Gasteiger partial charge in [-0.25, -0.2) is 4.98 Å². The molecule has 3 heterocycles. The van der Waals surface area contributed by atoms with Crippen LogP contribution in [-0.2, 0) is 4.79 Å². The van der Waals surface area contributed by atoms with Crippen LogP contribution in [0.3, 0.4) is 0 Å². The highest BCUT2D eigenvalue weighted by molar-refractivity contribution is 7.14. The molecule has 0 spiro atoms. The lowest BCUT2D eigenvalue weighted by Crippen LogP contribution is -2.25. The Morgan fingerprint density at radius 3 is 3.04 bits per heavy atom. The van der Waals surface area contributed by atoms with Gasteiger partial charge in [0.15, 0.2) is 6.61 Å². The molecule has 0 atom stereocenters. The van der Waals surface area contributed by atoms with E-state index in [2.05, 4.69) is 15.6 Å². The third-order valence-corrected chi connectivity index (χ3v) is 4.95. The largest absolute Gasteiger partial charge is 0.482 e. The number of rotatable bonds is 3. The third-order valence-electron chi connectivity index (χ3n) is 3.38. The fourth-order valence-corrected chi connectivity index (χ4v) is 3.77. The molecular formula is C16H11N3O3S2. The molecule has 2 N–H and O–H groups in total. The number of nitrogens with zero attached hydrogens (tertiary/aromatic N) is 1. The molecule has 0 radical (unpaired) electrons. The van der Waals surface area contributed by atoms with E-state index in [-0.39, 0.29) is 18.4 Å². The highest BCUT2D eigenvalue weighted by Crippen LogP contribution is 2.31. The van der Waals surface area contributed by atoms with Crippen molar-refractivity contribution >= 4 is 45.9 Å². The highest BCUT2D eigenvalue weighted by atomic mass is 32.1. The van der Waals surface area contributed by atoms with E-state index in [4.69, 9.17) is 4.74 Å². The summed E-state index contributed by atoms with van der Waals surface area (Å²) in [4.78, 5) is 28.1. The summed E-state index contributed by atoms with van der Waals surface area (Å²) >= 11 is 3.01. The van der Waals surface area contributed by atoms with Gasteiger partial charge in [0, 0.05) is 22.0 Å². The van der Waals surface area contributed by atoms with Gasteiger partial charge in [-0.05, 0) is 29.6 Å². The van der Waals surface area contributed by atoms with Crippen LogP contribution in [-0.4, -0.2) is 23.4 Å². The molecule has 0 unspecified atom stereocenters. The number of aromatic nitrogens is 1. The van der Waals surface area contributed by atoms with E-state index in [0.29, 0.717) is 22.8 Å². The predicted octanol–water partition coefficient (Wildman–Crippen LogP) is 3.45. The summed E-state index contributed by atoms with van der Waals surface area (Å²) in [5.74, 6) is 0.0719. The van der Waals surface area contributed by atoms with Crippen LogP contribution in [0.4, 0.5) is 11.4 Å². The molecule has 8 heteroatoms. The molecule has 24 heavy (non-hydrogen) atoms. The number of thiophene rings is 1. The topological polar surface area (TPSA) is 80.3 Å². The van der Waals surface area contributed by atoms with E-state index in [1.54, 1.807) is 34.9 Å². The summed E-state index contributed by atoms with van der Waals surface area (Å²) in [5.41, 5.74) is 2.48. The zero-order valence-electron chi connectivity index (χ0n) is 12.2. The van der Waals surface area contributed by atoms with Crippen molar-refractivity contribution in [3.63, 3.8) is 0 Å². The Hall–Kier alpha value is -2.71. The van der Waals surface area contributed by atoms with Crippen molar-refractivity contribution in [3.8, 4) is 16.3 Å². The summed E-state index contributed by atoms with van der Waals surface area (Å²) < 4.78 is 5.29. The van der Waals surface area contributed by atoms with Crippen LogP contribution in [0.2, 0.25) is 0 Å². The molecule has 0 saturated heterocycles. The first-order valence-electron chi connectivity index (χ1n) is 7.05. The van der Waals surface area contributed by atoms with Crippen molar-refractivity contribution < 1.29 is 14.3 Å². The van der Waals surface area contributed by atoms with Gasteiger partial charge in [0.1, 0.15) is 16.5 Å². The molecule has 0 aliphatic carbocycles. The number of ether oxygens (including phenoxy) is 1. The van der Waals surface area contributed by atoms with Crippen LogP contribution in [0.5, 0.6) is 5.75 Å². The quantitative estimate of drug-likeness (QED) is 0.752. The zero-order chi connectivity index (χ0) is 16.5. The van der Waals surface area contributed by atoms with Gasteiger partial charge in [0.05, 0.1) is 5.69 Å². The minimum absolute atomic E-state index is 0.00287. The van der Waals surface area contributed by atoms with Crippen molar-refractivity contribution in [3.05, 3.63) is 46.1 Å². The Balaban J connectivity index is 1.52. The Morgan fingerprint density at radius 1 is 1.29 bits per heavy atom. The number of nitrogens with one attached hydrogen (secondary N) is 2. The van der Waals surface area contributed by atoms with Crippen molar-refractivity contribution in [2.24, 2.45) is 0 Å². The summed E-state index contributed by atoms with van der Waals surface area (Å²) in [6, 6.07) is 7.07. The van der Waals surface area contributed by atoms with Crippen LogP contribution >= 0.6 is 22.7 Å². The third kappa shape index (κ3) is 2.89. The Morgan fingerprint density at radius 2 is 2.21 bits per heavy atom. The van der Waals surface area contributed by atoms with E-state index in [1.807, 2.05) is 16.8 Å². The van der Waals surface area contributed by atoms with Gasteiger partial charge in [-0.3, -0.25) is 9.59 Å². The maximum absolute atomic E-state index is 12.3. The number of amides is 2. The zero-order valence-corrected chi connectivity index (χ0v) is 13.9. The van der Waals surface area contributed by atoms with Gasteiger partial charge in [-0.2, -0.15) is 11.3 Å². The van der Waals surface area contributed by atoms with E-state index >= 15 is 0 Å². The van der Waals surface area contributed by atoms with Gasteiger partial charge in [-0.15, -0.1) is 11.3 Å². The van der Waals surface area contributed by atoms with E-state index in [1.165, 1.54) is 11.3 Å². The van der Waals surface area contributed by atoms with Gasteiger partial charge < -0.3 is 15.4 Å². The molecule has 120 valence electrons. The van der Waals surface area contributed by atoms with Crippen LogP contribution in [0.25, 0.3) is 10.6 Å². The lowest BCUT2D eigenvalue weighted by Gasteiger charge is -2.18. The molecular weight excluding hydrogens is 346 g/mol. The molecule has 1 aliphatic heterocycles. The van der Waals surface area contributed by atoms with E-state index in [0.717, 1.165) is 10.6 Å². The van der Waals surface area contributed by atoms with Crippen LogP contribution in [0.1, 0.15) is 10.5 Å². The summed E-state index contributed by atoms with van der Waals surface area (Å²) in [6.45, 7) is 0.00287. The van der Waals surface area contributed by atoms with Crippen molar-refractivity contribution in [2.45, 2.75) is 0 Å². The lowest BCUT2D eigenvalue weighted by molar-refractivity contribution is -0.118. The summed E-state index contributed by atoms with van der Waals surface area (Å²) in [6.07, 6.45) is 0. The molecule has 2 aromatic heterocycles. The number of carbonyl (C=O) groups is 2. The normalized spacial score (nSPS) is 12.9. The maximum Gasteiger partial charge on any atom is 0.275 e. The van der Waals surface area contributed by atoms with Crippen LogP contribution < -0.4 is 15.4 Å². The standard InChI is InChI=1S/C16H11N3O3S2/c20-14-6-22-13-2-1-10(5-11(13)18-14)17-15(21)12-8-24-16(19-12)9-3-4-23-7-9/h1-5,7-8H,6H2,(H,17,21)(H,18,20). The van der Waals surface area contributed by atoms with Crippen molar-refractivity contribution in [2.75, 3.05) is 17.2 Å². The minimum Gasteiger partial charge on any atom is -0.482 e. The number of hydrogen-bond acceptors (Lipinski definition) is 6. The molecule has 1 aliphatic rings. The first-order chi connectivity index (χ1) is 11.7. The van der Waals surface area contributed by atoms with Gasteiger partial charge in [0.2, 0.25) is 0 Å². The number of benzene rings is 1. The smallest absolute Gasteiger partial charge is 0.275 e. The highest BCUT2D eigenvalue weighted by Gasteiger charge is 2.17. The number of fused-ring (bicyclic) bond motifs is 1. The Kier molecular flexibility index (Phi) is 3.75. The van der Waals surface area contributed by atoms with Crippen molar-refractivity contribution in [1.82, 2.24) is 4.98 Å². The fourth-order valence-electron chi connectivity index (χ4n) is 2.25. The number of hydrogen-bond donors (Lipinski definition) is 2. The minimum atomic E-state index is -0.296. The summed E-state index contributed by atoms with van der Waals surface area (Å²) in [7, 11) is 0. The average Bonchev–Trinajstić information content (AvgIpc) is 3.25. The molecule has 3 aromatic rings. The molecule has 4 rings (SSSR count). The molecule has 0 bridgehead atoms. The first kappa shape index (κ1) is 14.9.